The molecule has 210 valence electrons. The highest BCUT2D eigenvalue weighted by Crippen LogP contribution is 2.50. The molecular formula is C30H39N3O6. The monoisotopic (exact) mass is 537 g/mol. The summed E-state index contributed by atoms with van der Waals surface area (Å²) in [5, 5.41) is 9.00. The first-order valence-corrected chi connectivity index (χ1v) is 13.2. The van der Waals surface area contributed by atoms with E-state index < -0.39 is 12.1 Å². The van der Waals surface area contributed by atoms with E-state index in [1.54, 1.807) is 39.5 Å². The van der Waals surface area contributed by atoms with Crippen molar-refractivity contribution in [1.82, 2.24) is 10.6 Å². The molecule has 1 aliphatic rings. The third-order valence-electron chi connectivity index (χ3n) is 6.83. The summed E-state index contributed by atoms with van der Waals surface area (Å²) in [6.45, 7) is 7.50. The smallest absolute Gasteiger partial charge is 0.242 e. The summed E-state index contributed by atoms with van der Waals surface area (Å²) >= 11 is 0. The molecule has 1 unspecified atom stereocenters. The summed E-state index contributed by atoms with van der Waals surface area (Å²) in [6, 6.07) is 5.98. The second-order valence-corrected chi connectivity index (χ2v) is 9.47. The van der Waals surface area contributed by atoms with Crippen LogP contribution in [0.5, 0.6) is 17.2 Å². The van der Waals surface area contributed by atoms with Crippen molar-refractivity contribution < 1.29 is 23.8 Å². The van der Waals surface area contributed by atoms with E-state index in [2.05, 4.69) is 22.5 Å². The van der Waals surface area contributed by atoms with Crippen LogP contribution < -0.4 is 35.6 Å². The van der Waals surface area contributed by atoms with Crippen molar-refractivity contribution >= 4 is 17.5 Å². The summed E-state index contributed by atoms with van der Waals surface area (Å²) in [7, 11) is 4.67. The van der Waals surface area contributed by atoms with Gasteiger partial charge in [-0.05, 0) is 54.2 Å². The predicted molar refractivity (Wildman–Crippen MR) is 153 cm³/mol. The number of amides is 2. The third-order valence-corrected chi connectivity index (χ3v) is 6.83. The Morgan fingerprint density at radius 2 is 1.87 bits per heavy atom. The number of hydrogen-bond donors (Lipinski definition) is 3. The molecule has 3 N–H and O–H groups in total. The van der Waals surface area contributed by atoms with Crippen molar-refractivity contribution in [2.45, 2.75) is 58.0 Å². The summed E-state index contributed by atoms with van der Waals surface area (Å²) in [5.74, 6) is 1.05. The normalized spacial score (nSPS) is 14.5. The molecule has 0 spiro atoms. The van der Waals surface area contributed by atoms with E-state index in [4.69, 9.17) is 14.2 Å². The number of aryl methyl sites for hydroxylation is 1. The Hall–Kier alpha value is -4.01. The first-order valence-electron chi connectivity index (χ1n) is 13.2. The lowest BCUT2D eigenvalue weighted by molar-refractivity contribution is -0.122. The minimum absolute atomic E-state index is 0.198. The highest BCUT2D eigenvalue weighted by atomic mass is 16.5. The first-order chi connectivity index (χ1) is 18.8. The number of carbonyl (C=O) groups excluding carboxylic acids is 2. The van der Waals surface area contributed by atoms with Crippen LogP contribution in [0.4, 0.5) is 5.69 Å². The topological polar surface area (TPSA) is 115 Å². The zero-order valence-corrected chi connectivity index (χ0v) is 23.4. The molecule has 1 aliphatic carbocycles. The number of ether oxygens (including phenoxy) is 3. The van der Waals surface area contributed by atoms with Crippen molar-refractivity contribution in [3.63, 3.8) is 0 Å². The van der Waals surface area contributed by atoms with Gasteiger partial charge in [-0.25, -0.2) is 0 Å². The van der Waals surface area contributed by atoms with E-state index in [-0.39, 0.29) is 17.2 Å². The summed E-state index contributed by atoms with van der Waals surface area (Å²) in [5.41, 5.74) is 3.11. The van der Waals surface area contributed by atoms with Gasteiger partial charge in [-0.15, -0.1) is 6.58 Å². The lowest BCUT2D eigenvalue weighted by atomic mass is 9.95. The van der Waals surface area contributed by atoms with Crippen LogP contribution >= 0.6 is 0 Å². The van der Waals surface area contributed by atoms with E-state index in [0.29, 0.717) is 54.3 Å². The Morgan fingerprint density at radius 1 is 1.13 bits per heavy atom. The Balaban J connectivity index is 2.23. The summed E-state index contributed by atoms with van der Waals surface area (Å²) < 4.78 is 17.0. The highest BCUT2D eigenvalue weighted by molar-refractivity contribution is 5.86. The quantitative estimate of drug-likeness (QED) is 0.349. The Labute approximate surface area is 229 Å². The van der Waals surface area contributed by atoms with Crippen LogP contribution in [0.1, 0.15) is 56.7 Å². The minimum atomic E-state index is -0.586. The minimum Gasteiger partial charge on any atom is -0.493 e. The van der Waals surface area contributed by atoms with Gasteiger partial charge in [0.1, 0.15) is 6.04 Å². The van der Waals surface area contributed by atoms with Crippen molar-refractivity contribution in [3.8, 4) is 28.4 Å². The van der Waals surface area contributed by atoms with Crippen molar-refractivity contribution in [3.05, 3.63) is 58.3 Å². The Bertz CT molecular complexity index is 1280. The van der Waals surface area contributed by atoms with Crippen molar-refractivity contribution in [2.24, 2.45) is 0 Å². The molecule has 0 aliphatic heterocycles. The molecule has 0 aromatic heterocycles. The van der Waals surface area contributed by atoms with Gasteiger partial charge in [0.05, 0.1) is 33.1 Å². The molecule has 0 saturated carbocycles. The first kappa shape index (κ1) is 29.5. The number of anilines is 1. The van der Waals surface area contributed by atoms with Gasteiger partial charge in [-0.1, -0.05) is 31.9 Å². The molecule has 2 amide bonds. The number of unbranched alkanes of at least 4 members (excludes halogenated alkanes) is 1. The van der Waals surface area contributed by atoms with E-state index >= 15 is 0 Å². The Morgan fingerprint density at radius 3 is 2.49 bits per heavy atom. The maximum absolute atomic E-state index is 13.6. The molecule has 0 bridgehead atoms. The van der Waals surface area contributed by atoms with Gasteiger partial charge in [0.15, 0.2) is 11.5 Å². The Kier molecular flexibility index (Phi) is 10.4. The molecule has 0 saturated heterocycles. The van der Waals surface area contributed by atoms with Crippen LogP contribution in [0.3, 0.4) is 0 Å². The number of fused-ring (bicyclic) bond motifs is 3. The maximum Gasteiger partial charge on any atom is 0.242 e. The van der Waals surface area contributed by atoms with Gasteiger partial charge in [0.2, 0.25) is 23.0 Å². The number of hydrogen-bond acceptors (Lipinski definition) is 7. The molecule has 0 heterocycles. The number of methoxy groups -OCH3 is 3. The molecule has 2 aromatic rings. The second kappa shape index (κ2) is 13.7. The zero-order chi connectivity index (χ0) is 28.5. The average molecular weight is 538 g/mol. The molecule has 0 radical (unpaired) electrons. The average Bonchev–Trinajstić information content (AvgIpc) is 3.16. The van der Waals surface area contributed by atoms with E-state index in [1.165, 1.54) is 6.92 Å². The largest absolute Gasteiger partial charge is 0.493 e. The molecule has 2 atom stereocenters. The summed E-state index contributed by atoms with van der Waals surface area (Å²) in [6.07, 6.45) is 5.09. The number of nitrogens with one attached hydrogen (secondary N) is 3. The van der Waals surface area contributed by atoms with Crippen LogP contribution in [0.15, 0.2) is 41.7 Å². The van der Waals surface area contributed by atoms with Crippen molar-refractivity contribution in [2.75, 3.05) is 33.2 Å². The van der Waals surface area contributed by atoms with Gasteiger partial charge >= 0.3 is 0 Å². The predicted octanol–water partition coefficient (Wildman–Crippen LogP) is 4.14. The van der Waals surface area contributed by atoms with Crippen LogP contribution in [-0.4, -0.2) is 45.7 Å². The van der Waals surface area contributed by atoms with Gasteiger partial charge in [0, 0.05) is 19.0 Å². The standard InChI is InChI=1S/C30H39N3O6/c1-7-9-10-24(30(36)31-15-8-2)33-23-14-12-20-21(17-25(23)35)22(32-18(3)34)13-11-19-16-26(37-4)28(38-5)29(39-6)27(19)20/h8,12,14,16-17,22,24H,2,7,9-11,13,15H2,1,3-6H3,(H,31,36)(H,32,34)(H,33,35)/t22-,24?/m0/s1. The van der Waals surface area contributed by atoms with Gasteiger partial charge in [-0.2, -0.15) is 0 Å². The number of rotatable bonds is 12. The van der Waals surface area contributed by atoms with Gasteiger partial charge < -0.3 is 30.2 Å². The van der Waals surface area contributed by atoms with E-state index in [1.807, 2.05) is 19.1 Å². The molecule has 2 aromatic carbocycles. The van der Waals surface area contributed by atoms with Crippen LogP contribution in [0.2, 0.25) is 0 Å². The van der Waals surface area contributed by atoms with Crippen molar-refractivity contribution in [1.29, 1.82) is 0 Å². The van der Waals surface area contributed by atoms with Gasteiger partial charge in [-0.3, -0.25) is 14.4 Å². The lowest BCUT2D eigenvalue weighted by Crippen LogP contribution is -2.40. The molecule has 39 heavy (non-hydrogen) atoms. The lowest BCUT2D eigenvalue weighted by Gasteiger charge is -2.19. The molecular weight excluding hydrogens is 498 g/mol. The fraction of sp³-hybridized carbons (Fsp3) is 0.433. The fourth-order valence-corrected chi connectivity index (χ4v) is 4.99. The van der Waals surface area contributed by atoms with E-state index in [0.717, 1.165) is 29.5 Å². The highest BCUT2D eigenvalue weighted by Gasteiger charge is 2.29. The number of benzene rings is 1. The third kappa shape index (κ3) is 6.71. The molecule has 9 heteroatoms. The molecule has 3 rings (SSSR count). The van der Waals surface area contributed by atoms with E-state index in [9.17, 15) is 14.4 Å². The maximum atomic E-state index is 13.6. The SMILES string of the molecule is C=CCNC(=O)C(CCCC)Nc1ccc2c(cc1=O)[C@@H](NC(C)=O)CCc1cc(OC)c(OC)c(OC)c1-2. The summed E-state index contributed by atoms with van der Waals surface area (Å²) in [4.78, 5) is 38.6. The molecule has 0 fully saturated rings. The van der Waals surface area contributed by atoms with Crippen LogP contribution in [0.25, 0.3) is 11.1 Å². The molecule has 9 nitrogen and oxygen atoms in total. The zero-order valence-electron chi connectivity index (χ0n) is 23.4. The van der Waals surface area contributed by atoms with Crippen LogP contribution in [-0.2, 0) is 16.0 Å². The van der Waals surface area contributed by atoms with Crippen LogP contribution in [0, 0.1) is 0 Å². The fourth-order valence-electron chi connectivity index (χ4n) is 4.99. The number of carbonyl (C=O) groups is 2. The van der Waals surface area contributed by atoms with Gasteiger partial charge in [0.25, 0.3) is 0 Å². The second-order valence-electron chi connectivity index (χ2n) is 9.47.